The van der Waals surface area contributed by atoms with Gasteiger partial charge in [0.1, 0.15) is 5.82 Å². The normalized spacial score (nSPS) is 10.2. The highest BCUT2D eigenvalue weighted by atomic mass is 19.1. The van der Waals surface area contributed by atoms with Crippen LogP contribution >= 0.6 is 0 Å². The van der Waals surface area contributed by atoms with Crippen LogP contribution < -0.4 is 11.1 Å². The third-order valence-electron chi connectivity index (χ3n) is 2.53. The summed E-state index contributed by atoms with van der Waals surface area (Å²) in [6.45, 7) is 2.06. The average Bonchev–Trinajstić information content (AvgIpc) is 2.41. The van der Waals surface area contributed by atoms with Gasteiger partial charge >= 0.3 is 0 Å². The molecule has 0 saturated heterocycles. The molecule has 0 bridgehead atoms. The summed E-state index contributed by atoms with van der Waals surface area (Å²) in [5, 5.41) is 2.63. The van der Waals surface area contributed by atoms with Crippen molar-refractivity contribution in [1.82, 2.24) is 15.3 Å². The number of nitrogen functional groups attached to an aromatic ring is 1. The quantitative estimate of drug-likeness (QED) is 0.818. The fourth-order valence-corrected chi connectivity index (χ4v) is 1.45. The average molecular weight is 260 g/mol. The Hall–Kier alpha value is -2.50. The maximum Gasteiger partial charge on any atom is 0.251 e. The summed E-state index contributed by atoms with van der Waals surface area (Å²) in [4.78, 5) is 20.0. The van der Waals surface area contributed by atoms with Gasteiger partial charge in [-0.1, -0.05) is 0 Å². The lowest BCUT2D eigenvalue weighted by atomic mass is 10.2. The van der Waals surface area contributed by atoms with Crippen LogP contribution in [0.2, 0.25) is 0 Å². The first-order chi connectivity index (χ1) is 9.06. The minimum absolute atomic E-state index is 0.0148. The number of hydrogen-bond donors (Lipinski definition) is 2. The van der Waals surface area contributed by atoms with Crippen molar-refractivity contribution in [3.8, 4) is 0 Å². The number of nitrogens with one attached hydrogen (secondary N) is 1. The summed E-state index contributed by atoms with van der Waals surface area (Å²) < 4.78 is 13.2. The Kier molecular flexibility index (Phi) is 3.70. The second kappa shape index (κ2) is 5.43. The fraction of sp³-hybridized carbons (Fsp3) is 0.154. The first-order valence-corrected chi connectivity index (χ1v) is 5.67. The van der Waals surface area contributed by atoms with E-state index in [4.69, 9.17) is 5.73 Å². The number of carbonyl (C=O) groups excluding carboxylic acids is 1. The first kappa shape index (κ1) is 12.9. The summed E-state index contributed by atoms with van der Waals surface area (Å²) in [5.74, 6) is -0.996. The number of nitrogens with two attached hydrogens (primary N) is 1. The highest BCUT2D eigenvalue weighted by Crippen LogP contribution is 2.11. The van der Waals surface area contributed by atoms with Gasteiger partial charge in [0.2, 0.25) is 0 Å². The zero-order valence-corrected chi connectivity index (χ0v) is 10.4. The Bertz CT molecular complexity index is 598. The molecule has 3 N–H and O–H groups in total. The summed E-state index contributed by atoms with van der Waals surface area (Å²) >= 11 is 0. The standard InChI is InChI=1S/C13H13FN4O/c1-8-5-17-10(6-16-8)7-18-13(19)9-2-3-12(15)11(14)4-9/h2-6H,7,15H2,1H3,(H,18,19). The number of aryl methyl sites for hydroxylation is 1. The van der Waals surface area contributed by atoms with E-state index in [0.717, 1.165) is 11.8 Å². The number of benzene rings is 1. The Morgan fingerprint density at radius 2 is 2.16 bits per heavy atom. The topological polar surface area (TPSA) is 80.9 Å². The molecule has 1 heterocycles. The van der Waals surface area contributed by atoms with Crippen LogP contribution in [0.25, 0.3) is 0 Å². The Morgan fingerprint density at radius 1 is 1.37 bits per heavy atom. The van der Waals surface area contributed by atoms with Crippen molar-refractivity contribution in [2.24, 2.45) is 0 Å². The molecule has 0 spiro atoms. The van der Waals surface area contributed by atoms with Crippen LogP contribution in [-0.2, 0) is 6.54 Å². The third-order valence-corrected chi connectivity index (χ3v) is 2.53. The minimum atomic E-state index is -0.609. The highest BCUT2D eigenvalue weighted by molar-refractivity contribution is 5.94. The molecular weight excluding hydrogens is 247 g/mol. The van der Waals surface area contributed by atoms with Crippen molar-refractivity contribution in [1.29, 1.82) is 0 Å². The van der Waals surface area contributed by atoms with Crippen molar-refractivity contribution in [3.05, 3.63) is 53.4 Å². The maximum atomic E-state index is 13.2. The van der Waals surface area contributed by atoms with E-state index in [2.05, 4.69) is 15.3 Å². The van der Waals surface area contributed by atoms with Crippen LogP contribution in [0.1, 0.15) is 21.7 Å². The number of halogens is 1. The van der Waals surface area contributed by atoms with Crippen molar-refractivity contribution in [2.75, 3.05) is 5.73 Å². The lowest BCUT2D eigenvalue weighted by Crippen LogP contribution is -2.23. The molecule has 0 unspecified atom stereocenters. The van der Waals surface area contributed by atoms with Gasteiger partial charge in [-0.05, 0) is 25.1 Å². The molecule has 0 atom stereocenters. The molecular formula is C13H13FN4O. The predicted molar refractivity (Wildman–Crippen MR) is 68.8 cm³/mol. The monoisotopic (exact) mass is 260 g/mol. The summed E-state index contributed by atoms with van der Waals surface area (Å²) in [5.41, 5.74) is 7.01. The van der Waals surface area contributed by atoms with Gasteiger partial charge in [0.05, 0.1) is 29.8 Å². The van der Waals surface area contributed by atoms with Gasteiger partial charge in [-0.25, -0.2) is 4.39 Å². The first-order valence-electron chi connectivity index (χ1n) is 5.67. The zero-order valence-electron chi connectivity index (χ0n) is 10.4. The molecule has 0 aliphatic rings. The van der Waals surface area contributed by atoms with Gasteiger partial charge in [-0.2, -0.15) is 0 Å². The van der Waals surface area contributed by atoms with Crippen LogP contribution in [0.5, 0.6) is 0 Å². The van der Waals surface area contributed by atoms with Crippen molar-refractivity contribution < 1.29 is 9.18 Å². The van der Waals surface area contributed by atoms with Gasteiger partial charge in [0.15, 0.2) is 0 Å². The van der Waals surface area contributed by atoms with Crippen LogP contribution in [0, 0.1) is 12.7 Å². The lowest BCUT2D eigenvalue weighted by molar-refractivity contribution is 0.0950. The number of hydrogen-bond acceptors (Lipinski definition) is 4. The molecule has 0 aliphatic heterocycles. The molecule has 6 heteroatoms. The Morgan fingerprint density at radius 3 is 2.79 bits per heavy atom. The van der Waals surface area contributed by atoms with E-state index in [-0.39, 0.29) is 23.7 Å². The van der Waals surface area contributed by atoms with Crippen molar-refractivity contribution in [3.63, 3.8) is 0 Å². The SMILES string of the molecule is Cc1cnc(CNC(=O)c2ccc(N)c(F)c2)cn1. The maximum absolute atomic E-state index is 13.2. The van der Waals surface area contributed by atoms with Gasteiger partial charge in [0.25, 0.3) is 5.91 Å². The lowest BCUT2D eigenvalue weighted by Gasteiger charge is -2.05. The number of nitrogens with zero attached hydrogens (tertiary/aromatic N) is 2. The number of anilines is 1. The number of carbonyl (C=O) groups is 1. The van der Waals surface area contributed by atoms with Gasteiger partial charge in [-0.3, -0.25) is 14.8 Å². The van der Waals surface area contributed by atoms with E-state index >= 15 is 0 Å². The van der Waals surface area contributed by atoms with Crippen LogP contribution in [0.3, 0.4) is 0 Å². The van der Waals surface area contributed by atoms with E-state index in [9.17, 15) is 9.18 Å². The van der Waals surface area contributed by atoms with E-state index in [1.165, 1.54) is 12.1 Å². The summed E-state index contributed by atoms with van der Waals surface area (Å²) in [7, 11) is 0. The van der Waals surface area contributed by atoms with E-state index < -0.39 is 5.82 Å². The highest BCUT2D eigenvalue weighted by Gasteiger charge is 2.08. The molecule has 2 aromatic rings. The van der Waals surface area contributed by atoms with Gasteiger partial charge in [0, 0.05) is 11.8 Å². The van der Waals surface area contributed by atoms with Crippen LogP contribution in [0.15, 0.2) is 30.6 Å². The van der Waals surface area contributed by atoms with E-state index in [1.807, 2.05) is 6.92 Å². The second-order valence-corrected chi connectivity index (χ2v) is 4.07. The fourth-order valence-electron chi connectivity index (χ4n) is 1.45. The molecule has 0 aliphatic carbocycles. The third kappa shape index (κ3) is 3.25. The van der Waals surface area contributed by atoms with Gasteiger partial charge in [-0.15, -0.1) is 0 Å². The molecule has 0 fully saturated rings. The molecule has 0 radical (unpaired) electrons. The van der Waals surface area contributed by atoms with E-state index in [0.29, 0.717) is 5.69 Å². The Labute approximate surface area is 109 Å². The summed E-state index contributed by atoms with van der Waals surface area (Å²) in [6.07, 6.45) is 3.20. The van der Waals surface area contributed by atoms with E-state index in [1.54, 1.807) is 12.4 Å². The number of rotatable bonds is 3. The Balaban J connectivity index is 2.01. The van der Waals surface area contributed by atoms with Crippen LogP contribution in [-0.4, -0.2) is 15.9 Å². The molecule has 0 saturated carbocycles. The molecule has 5 nitrogen and oxygen atoms in total. The number of aromatic nitrogens is 2. The van der Waals surface area contributed by atoms with Crippen molar-refractivity contribution >= 4 is 11.6 Å². The van der Waals surface area contributed by atoms with Gasteiger partial charge < -0.3 is 11.1 Å². The second-order valence-electron chi connectivity index (χ2n) is 4.07. The molecule has 98 valence electrons. The molecule has 1 aromatic carbocycles. The number of amides is 1. The summed E-state index contributed by atoms with van der Waals surface area (Å²) in [6, 6.07) is 3.93. The van der Waals surface area contributed by atoms with Crippen molar-refractivity contribution in [2.45, 2.75) is 13.5 Å². The molecule has 2 rings (SSSR count). The minimum Gasteiger partial charge on any atom is -0.396 e. The predicted octanol–water partition coefficient (Wildman–Crippen LogP) is 1.44. The molecule has 19 heavy (non-hydrogen) atoms. The zero-order chi connectivity index (χ0) is 13.8. The smallest absolute Gasteiger partial charge is 0.251 e. The van der Waals surface area contributed by atoms with Crippen LogP contribution in [0.4, 0.5) is 10.1 Å². The molecule has 1 amide bonds. The molecule has 1 aromatic heterocycles. The largest absolute Gasteiger partial charge is 0.396 e.